The zero-order valence-electron chi connectivity index (χ0n) is 18.2. The van der Waals surface area contributed by atoms with Crippen molar-refractivity contribution in [2.75, 3.05) is 19.6 Å². The third-order valence-corrected chi connectivity index (χ3v) is 7.42. The lowest BCUT2D eigenvalue weighted by Crippen LogP contribution is -2.56. The van der Waals surface area contributed by atoms with Gasteiger partial charge in [0.25, 0.3) is 5.91 Å². The van der Waals surface area contributed by atoms with E-state index < -0.39 is 0 Å². The molecular formula is C23H31N3O2S2. The highest BCUT2D eigenvalue weighted by molar-refractivity contribution is 8.23. The van der Waals surface area contributed by atoms with Crippen molar-refractivity contribution in [3.8, 4) is 0 Å². The number of hydrogen-bond donors (Lipinski definition) is 1. The third kappa shape index (κ3) is 5.73. The Morgan fingerprint density at radius 1 is 1.27 bits per heavy atom. The summed E-state index contributed by atoms with van der Waals surface area (Å²) in [6.45, 7) is 16.9. The average molecular weight is 446 g/mol. The van der Waals surface area contributed by atoms with Crippen LogP contribution in [0.2, 0.25) is 0 Å². The molecule has 0 radical (unpaired) electrons. The minimum absolute atomic E-state index is 0.00870. The van der Waals surface area contributed by atoms with Gasteiger partial charge in [0.05, 0.1) is 5.03 Å². The van der Waals surface area contributed by atoms with Crippen LogP contribution in [0.1, 0.15) is 41.8 Å². The number of amides is 2. The normalized spacial score (nSPS) is 17.1. The van der Waals surface area contributed by atoms with Crippen LogP contribution in [0.4, 0.5) is 0 Å². The predicted octanol–water partition coefficient (Wildman–Crippen LogP) is 4.67. The Morgan fingerprint density at radius 3 is 2.53 bits per heavy atom. The van der Waals surface area contributed by atoms with E-state index in [9.17, 15) is 9.59 Å². The Balaban J connectivity index is 2.26. The number of aryl methyl sites for hydroxylation is 2. The van der Waals surface area contributed by atoms with Crippen molar-refractivity contribution in [2.45, 2.75) is 45.1 Å². The number of allylic oxidation sites excluding steroid dienone is 1. The highest BCUT2D eigenvalue weighted by Crippen LogP contribution is 2.39. The van der Waals surface area contributed by atoms with Gasteiger partial charge < -0.3 is 15.5 Å². The maximum atomic E-state index is 13.4. The van der Waals surface area contributed by atoms with Crippen LogP contribution in [0.5, 0.6) is 0 Å². The van der Waals surface area contributed by atoms with E-state index in [1.165, 1.54) is 17.8 Å². The molecule has 162 valence electrons. The minimum Gasteiger partial charge on any atom is -0.394 e. The van der Waals surface area contributed by atoms with Crippen LogP contribution in [0.3, 0.4) is 0 Å². The number of carbonyl (C=O) groups excluding carboxylic acids is 2. The van der Waals surface area contributed by atoms with Crippen LogP contribution >= 0.6 is 23.5 Å². The number of hydrogen-bond acceptors (Lipinski definition) is 5. The molecule has 1 aliphatic rings. The third-order valence-electron chi connectivity index (χ3n) is 5.13. The molecule has 0 bridgehead atoms. The lowest BCUT2D eigenvalue weighted by atomic mass is 10.0. The van der Waals surface area contributed by atoms with E-state index in [-0.39, 0.29) is 17.9 Å². The molecule has 5 nitrogen and oxygen atoms in total. The summed E-state index contributed by atoms with van der Waals surface area (Å²) in [7, 11) is 0. The second-order valence-electron chi connectivity index (χ2n) is 7.26. The number of thioether (sulfide) groups is 2. The zero-order valence-corrected chi connectivity index (χ0v) is 19.9. The molecule has 1 aliphatic heterocycles. The van der Waals surface area contributed by atoms with Crippen molar-refractivity contribution in [3.63, 3.8) is 0 Å². The van der Waals surface area contributed by atoms with E-state index in [0.29, 0.717) is 30.2 Å². The molecule has 2 rings (SSSR count). The Bertz CT molecular complexity index is 879. The van der Waals surface area contributed by atoms with Gasteiger partial charge in [-0.25, -0.2) is 0 Å². The molecule has 0 unspecified atom stereocenters. The second-order valence-corrected chi connectivity index (χ2v) is 9.77. The lowest BCUT2D eigenvalue weighted by molar-refractivity contribution is -0.130. The Hall–Kier alpha value is -2.12. The Morgan fingerprint density at radius 2 is 1.97 bits per heavy atom. The largest absolute Gasteiger partial charge is 0.394 e. The smallest absolute Gasteiger partial charge is 0.254 e. The van der Waals surface area contributed by atoms with E-state index >= 15 is 0 Å². The van der Waals surface area contributed by atoms with Crippen LogP contribution in [0.15, 0.2) is 51.6 Å². The number of rotatable bonds is 7. The summed E-state index contributed by atoms with van der Waals surface area (Å²) < 4.78 is 1.02. The highest BCUT2D eigenvalue weighted by Gasteiger charge is 2.31. The van der Waals surface area contributed by atoms with E-state index in [1.54, 1.807) is 11.8 Å². The molecule has 1 saturated heterocycles. The van der Waals surface area contributed by atoms with Crippen molar-refractivity contribution in [3.05, 3.63) is 63.4 Å². The first-order chi connectivity index (χ1) is 14.2. The first kappa shape index (κ1) is 24.2. The fraction of sp³-hybridized carbons (Fsp3) is 0.391. The summed E-state index contributed by atoms with van der Waals surface area (Å²) in [5, 5.41) is 0.536. The molecule has 0 aromatic heterocycles. The lowest BCUT2D eigenvalue weighted by Gasteiger charge is -2.41. The molecule has 0 aliphatic carbocycles. The van der Waals surface area contributed by atoms with Crippen LogP contribution in [-0.4, -0.2) is 47.3 Å². The molecule has 30 heavy (non-hydrogen) atoms. The summed E-state index contributed by atoms with van der Waals surface area (Å²) in [6.07, 6.45) is 4.14. The zero-order chi connectivity index (χ0) is 22.4. The predicted molar refractivity (Wildman–Crippen MR) is 128 cm³/mol. The second kappa shape index (κ2) is 10.8. The van der Waals surface area contributed by atoms with Gasteiger partial charge in [-0.1, -0.05) is 55.7 Å². The van der Waals surface area contributed by atoms with Gasteiger partial charge in [0, 0.05) is 40.4 Å². The van der Waals surface area contributed by atoms with E-state index in [2.05, 4.69) is 19.2 Å². The minimum atomic E-state index is -0.0722. The van der Waals surface area contributed by atoms with Crippen LogP contribution in [-0.2, 0) is 4.79 Å². The summed E-state index contributed by atoms with van der Waals surface area (Å²) in [5.74, 6) is -0.0616. The molecule has 0 saturated carbocycles. The van der Waals surface area contributed by atoms with Gasteiger partial charge >= 0.3 is 0 Å². The standard InChI is InChI=1S/C23H31N3O2S2/c1-7-18-14-25(10-11-26(18)21(27)8-2)23(28)19-13-20(16(5)12-15(19)4)30-22(9-3)29-17(6)24/h8-9,12-13,18H,2,6-7,10-11,14,24H2,1,3-5H3/b22-9+/t18-/m1/s1. The maximum absolute atomic E-state index is 13.4. The quantitative estimate of drug-likeness (QED) is 0.488. The van der Waals surface area contributed by atoms with Gasteiger partial charge in [0.2, 0.25) is 5.91 Å². The molecule has 1 fully saturated rings. The van der Waals surface area contributed by atoms with E-state index in [4.69, 9.17) is 5.73 Å². The summed E-state index contributed by atoms with van der Waals surface area (Å²) in [5.41, 5.74) is 8.52. The summed E-state index contributed by atoms with van der Waals surface area (Å²) in [6, 6.07) is 4.04. The van der Waals surface area contributed by atoms with Crippen molar-refractivity contribution in [1.82, 2.24) is 9.80 Å². The first-order valence-corrected chi connectivity index (χ1v) is 11.6. The molecule has 2 amide bonds. The SMILES string of the molecule is C=CC(=O)N1CCN(C(=O)c2cc(S/C(=C/C)SC(=C)N)c(C)cc2C)C[C@H]1CC. The van der Waals surface area contributed by atoms with Gasteiger partial charge in [-0.3, -0.25) is 9.59 Å². The maximum Gasteiger partial charge on any atom is 0.254 e. The molecule has 0 spiro atoms. The van der Waals surface area contributed by atoms with Crippen LogP contribution < -0.4 is 5.73 Å². The molecule has 1 aromatic carbocycles. The van der Waals surface area contributed by atoms with Crippen molar-refractivity contribution < 1.29 is 9.59 Å². The molecular weight excluding hydrogens is 414 g/mol. The number of nitrogens with two attached hydrogens (primary N) is 1. The number of piperazine rings is 1. The molecule has 7 heteroatoms. The Kier molecular flexibility index (Phi) is 8.67. The molecule has 1 aromatic rings. The van der Waals surface area contributed by atoms with Crippen molar-refractivity contribution >= 4 is 35.3 Å². The van der Waals surface area contributed by atoms with Gasteiger partial charge in [-0.2, -0.15) is 0 Å². The fourth-order valence-corrected chi connectivity index (χ4v) is 5.38. The number of nitrogens with zero attached hydrogens (tertiary/aromatic N) is 2. The van der Waals surface area contributed by atoms with Crippen LogP contribution in [0, 0.1) is 13.8 Å². The molecule has 1 heterocycles. The molecule has 2 N–H and O–H groups in total. The Labute approximate surface area is 188 Å². The number of carbonyl (C=O) groups is 2. The first-order valence-electron chi connectivity index (χ1n) is 10.0. The highest BCUT2D eigenvalue weighted by atomic mass is 32.2. The van der Waals surface area contributed by atoms with Crippen molar-refractivity contribution in [2.24, 2.45) is 5.73 Å². The fourth-order valence-electron chi connectivity index (χ4n) is 3.52. The summed E-state index contributed by atoms with van der Waals surface area (Å²) in [4.78, 5) is 30.2. The monoisotopic (exact) mass is 445 g/mol. The summed E-state index contributed by atoms with van der Waals surface area (Å²) >= 11 is 3.02. The average Bonchev–Trinajstić information content (AvgIpc) is 2.73. The van der Waals surface area contributed by atoms with Gasteiger partial charge in [-0.05, 0) is 50.5 Å². The number of benzene rings is 1. The van der Waals surface area contributed by atoms with E-state index in [0.717, 1.165) is 26.7 Å². The topological polar surface area (TPSA) is 66.6 Å². The van der Waals surface area contributed by atoms with E-state index in [1.807, 2.05) is 49.6 Å². The van der Waals surface area contributed by atoms with Crippen molar-refractivity contribution in [1.29, 1.82) is 0 Å². The van der Waals surface area contributed by atoms with Crippen LogP contribution in [0.25, 0.3) is 0 Å². The molecule has 1 atom stereocenters. The van der Waals surface area contributed by atoms with Gasteiger partial charge in [0.1, 0.15) is 0 Å². The van der Waals surface area contributed by atoms with Gasteiger partial charge in [-0.15, -0.1) is 0 Å². The van der Waals surface area contributed by atoms with Gasteiger partial charge in [0.15, 0.2) is 0 Å².